The second kappa shape index (κ2) is 4.30. The SMILES string of the molecule is CNC(C)Cc1cc2cc(C)ccc2n1C. The van der Waals surface area contributed by atoms with E-state index >= 15 is 0 Å². The number of aromatic nitrogens is 1. The smallest absolute Gasteiger partial charge is 0.0480 e. The highest BCUT2D eigenvalue weighted by molar-refractivity contribution is 5.82. The first kappa shape index (κ1) is 11.2. The van der Waals surface area contributed by atoms with E-state index in [2.05, 4.69) is 55.0 Å². The van der Waals surface area contributed by atoms with Gasteiger partial charge in [0, 0.05) is 36.1 Å². The summed E-state index contributed by atoms with van der Waals surface area (Å²) in [6.07, 6.45) is 1.07. The van der Waals surface area contributed by atoms with Crippen molar-refractivity contribution in [1.29, 1.82) is 0 Å². The standard InChI is InChI=1S/C14H20N2/c1-10-5-6-14-12(7-10)9-13(16(14)4)8-11(2)15-3/h5-7,9,11,15H,8H2,1-4H3. The van der Waals surface area contributed by atoms with E-state index in [0.29, 0.717) is 6.04 Å². The monoisotopic (exact) mass is 216 g/mol. The zero-order valence-corrected chi connectivity index (χ0v) is 10.5. The first-order chi connectivity index (χ1) is 7.61. The number of fused-ring (bicyclic) bond motifs is 1. The topological polar surface area (TPSA) is 17.0 Å². The Balaban J connectivity index is 2.43. The highest BCUT2D eigenvalue weighted by atomic mass is 15.0. The molecule has 16 heavy (non-hydrogen) atoms. The fourth-order valence-electron chi connectivity index (χ4n) is 2.14. The Morgan fingerprint density at radius 1 is 1.31 bits per heavy atom. The van der Waals surface area contributed by atoms with Crippen molar-refractivity contribution < 1.29 is 0 Å². The van der Waals surface area contributed by atoms with Crippen molar-refractivity contribution in [3.8, 4) is 0 Å². The van der Waals surface area contributed by atoms with Crippen molar-refractivity contribution in [3.05, 3.63) is 35.5 Å². The Morgan fingerprint density at radius 3 is 2.75 bits per heavy atom. The third-order valence-corrected chi connectivity index (χ3v) is 3.31. The van der Waals surface area contributed by atoms with Crippen molar-refractivity contribution in [3.63, 3.8) is 0 Å². The third-order valence-electron chi connectivity index (χ3n) is 3.31. The molecule has 2 nitrogen and oxygen atoms in total. The van der Waals surface area contributed by atoms with E-state index < -0.39 is 0 Å². The molecule has 0 radical (unpaired) electrons. The van der Waals surface area contributed by atoms with Crippen molar-refractivity contribution in [2.24, 2.45) is 7.05 Å². The number of rotatable bonds is 3. The van der Waals surface area contributed by atoms with Crippen LogP contribution >= 0.6 is 0 Å². The maximum absolute atomic E-state index is 3.28. The molecular formula is C14H20N2. The number of hydrogen-bond donors (Lipinski definition) is 1. The van der Waals surface area contributed by atoms with Crippen LogP contribution in [0.2, 0.25) is 0 Å². The average molecular weight is 216 g/mol. The van der Waals surface area contributed by atoms with Crippen LogP contribution in [0.3, 0.4) is 0 Å². The lowest BCUT2D eigenvalue weighted by Gasteiger charge is -2.10. The zero-order chi connectivity index (χ0) is 11.7. The fraction of sp³-hybridized carbons (Fsp3) is 0.429. The third kappa shape index (κ3) is 1.98. The Bertz CT molecular complexity index is 497. The molecule has 1 N–H and O–H groups in total. The summed E-state index contributed by atoms with van der Waals surface area (Å²) in [5.74, 6) is 0. The lowest BCUT2D eigenvalue weighted by Crippen LogP contribution is -2.24. The van der Waals surface area contributed by atoms with Gasteiger partial charge < -0.3 is 9.88 Å². The minimum absolute atomic E-state index is 0.518. The molecule has 0 spiro atoms. The summed E-state index contributed by atoms with van der Waals surface area (Å²) in [4.78, 5) is 0. The van der Waals surface area contributed by atoms with Crippen LogP contribution in [0.15, 0.2) is 24.3 Å². The lowest BCUT2D eigenvalue weighted by molar-refractivity contribution is 0.591. The van der Waals surface area contributed by atoms with Crippen LogP contribution < -0.4 is 5.32 Å². The zero-order valence-electron chi connectivity index (χ0n) is 10.5. The molecule has 0 saturated heterocycles. The molecule has 1 aromatic carbocycles. The molecule has 1 unspecified atom stereocenters. The summed E-state index contributed by atoms with van der Waals surface area (Å²) in [6, 6.07) is 9.45. The molecule has 0 bridgehead atoms. The van der Waals surface area contributed by atoms with E-state index in [-0.39, 0.29) is 0 Å². The Hall–Kier alpha value is -1.28. The van der Waals surface area contributed by atoms with Crippen LogP contribution in [0.25, 0.3) is 10.9 Å². The molecule has 1 atom stereocenters. The summed E-state index contributed by atoms with van der Waals surface area (Å²) in [5.41, 5.74) is 4.04. The highest BCUT2D eigenvalue weighted by Gasteiger charge is 2.08. The van der Waals surface area contributed by atoms with Crippen LogP contribution in [0, 0.1) is 6.92 Å². The summed E-state index contributed by atoms with van der Waals surface area (Å²) >= 11 is 0. The predicted octanol–water partition coefficient (Wildman–Crippen LogP) is 2.64. The maximum atomic E-state index is 3.28. The first-order valence-electron chi connectivity index (χ1n) is 5.84. The fourth-order valence-corrected chi connectivity index (χ4v) is 2.14. The van der Waals surface area contributed by atoms with Gasteiger partial charge in [0.05, 0.1) is 0 Å². The minimum atomic E-state index is 0.518. The van der Waals surface area contributed by atoms with Gasteiger partial charge in [0.1, 0.15) is 0 Å². The number of benzene rings is 1. The highest BCUT2D eigenvalue weighted by Crippen LogP contribution is 2.20. The van der Waals surface area contributed by atoms with E-state index in [0.717, 1.165) is 6.42 Å². The Kier molecular flexibility index (Phi) is 3.01. The molecule has 0 aliphatic carbocycles. The van der Waals surface area contributed by atoms with Gasteiger partial charge in [0.2, 0.25) is 0 Å². The van der Waals surface area contributed by atoms with Crippen LogP contribution in [-0.2, 0) is 13.5 Å². The Labute approximate surface area is 97.3 Å². The molecule has 0 aliphatic rings. The van der Waals surface area contributed by atoms with Crippen molar-refractivity contribution in [1.82, 2.24) is 9.88 Å². The molecular weight excluding hydrogens is 196 g/mol. The van der Waals surface area contributed by atoms with Crippen LogP contribution in [0.5, 0.6) is 0 Å². The maximum Gasteiger partial charge on any atom is 0.0480 e. The second-order valence-corrected chi connectivity index (χ2v) is 4.65. The molecule has 0 fully saturated rings. The molecule has 2 rings (SSSR count). The lowest BCUT2D eigenvalue weighted by atomic mass is 10.1. The average Bonchev–Trinajstić information content (AvgIpc) is 2.55. The largest absolute Gasteiger partial charge is 0.348 e. The number of hydrogen-bond acceptors (Lipinski definition) is 1. The van der Waals surface area contributed by atoms with E-state index in [4.69, 9.17) is 0 Å². The molecule has 0 amide bonds. The number of nitrogens with one attached hydrogen (secondary N) is 1. The molecule has 0 saturated carbocycles. The van der Waals surface area contributed by atoms with Gasteiger partial charge in [0.15, 0.2) is 0 Å². The van der Waals surface area contributed by atoms with Gasteiger partial charge in [-0.15, -0.1) is 0 Å². The number of aryl methyl sites for hydroxylation is 2. The van der Waals surface area contributed by atoms with E-state index in [9.17, 15) is 0 Å². The van der Waals surface area contributed by atoms with Gasteiger partial charge in [-0.2, -0.15) is 0 Å². The van der Waals surface area contributed by atoms with E-state index in [1.807, 2.05) is 7.05 Å². The molecule has 2 aromatic rings. The second-order valence-electron chi connectivity index (χ2n) is 4.65. The number of likely N-dealkylation sites (N-methyl/N-ethyl adjacent to an activating group) is 1. The van der Waals surface area contributed by atoms with Gasteiger partial charge in [-0.1, -0.05) is 11.6 Å². The summed E-state index contributed by atoms with van der Waals surface area (Å²) in [6.45, 7) is 4.35. The van der Waals surface area contributed by atoms with Gasteiger partial charge in [0.25, 0.3) is 0 Å². The normalized spacial score (nSPS) is 13.2. The molecule has 86 valence electrons. The van der Waals surface area contributed by atoms with Crippen molar-refractivity contribution in [2.45, 2.75) is 26.3 Å². The van der Waals surface area contributed by atoms with Gasteiger partial charge in [-0.25, -0.2) is 0 Å². The van der Waals surface area contributed by atoms with Crippen LogP contribution in [0.1, 0.15) is 18.2 Å². The molecule has 1 heterocycles. The minimum Gasteiger partial charge on any atom is -0.348 e. The van der Waals surface area contributed by atoms with Gasteiger partial charge in [-0.3, -0.25) is 0 Å². The van der Waals surface area contributed by atoms with E-state index in [1.54, 1.807) is 0 Å². The van der Waals surface area contributed by atoms with Gasteiger partial charge >= 0.3 is 0 Å². The Morgan fingerprint density at radius 2 is 2.06 bits per heavy atom. The first-order valence-corrected chi connectivity index (χ1v) is 5.84. The molecule has 1 aromatic heterocycles. The van der Waals surface area contributed by atoms with Crippen LogP contribution in [0.4, 0.5) is 0 Å². The summed E-state index contributed by atoms with van der Waals surface area (Å²) < 4.78 is 2.29. The molecule has 0 aliphatic heterocycles. The molecule has 2 heteroatoms. The quantitative estimate of drug-likeness (QED) is 0.834. The van der Waals surface area contributed by atoms with Gasteiger partial charge in [-0.05, 0) is 39.1 Å². The van der Waals surface area contributed by atoms with Crippen molar-refractivity contribution in [2.75, 3.05) is 7.05 Å². The van der Waals surface area contributed by atoms with Crippen LogP contribution in [-0.4, -0.2) is 17.7 Å². The predicted molar refractivity (Wildman–Crippen MR) is 69.9 cm³/mol. The number of nitrogens with zero attached hydrogens (tertiary/aromatic N) is 1. The summed E-state index contributed by atoms with van der Waals surface area (Å²) in [5, 5.41) is 4.63. The van der Waals surface area contributed by atoms with E-state index in [1.165, 1.54) is 22.2 Å². The summed E-state index contributed by atoms with van der Waals surface area (Å²) in [7, 11) is 4.16. The van der Waals surface area contributed by atoms with Crippen molar-refractivity contribution >= 4 is 10.9 Å².